The lowest BCUT2D eigenvalue weighted by atomic mass is 9.85. The van der Waals surface area contributed by atoms with E-state index >= 15 is 0 Å². The number of benzene rings is 2. The number of halogens is 1. The number of para-hydroxylation sites is 1. The van der Waals surface area contributed by atoms with Gasteiger partial charge in [-0.1, -0.05) is 51.1 Å². The van der Waals surface area contributed by atoms with Gasteiger partial charge in [-0.3, -0.25) is 0 Å². The predicted molar refractivity (Wildman–Crippen MR) is 108 cm³/mol. The van der Waals surface area contributed by atoms with Crippen LogP contribution in [0.1, 0.15) is 31.9 Å². The monoisotopic (exact) mass is 369 g/mol. The van der Waals surface area contributed by atoms with Gasteiger partial charge in [-0.15, -0.1) is 0 Å². The molecule has 2 amide bonds. The molecule has 144 valence electrons. The molecule has 0 atom stereocenters. The minimum atomic E-state index is -0.267. The zero-order valence-corrected chi connectivity index (χ0v) is 16.3. The van der Waals surface area contributed by atoms with E-state index in [1.54, 1.807) is 12.1 Å². The standard InChI is InChI=1S/C22H28FN3O/c1-22(2,3)19-6-4-5-7-20(19)25-12-14-26(15-13-25)21(27)24-16-17-8-10-18(23)11-9-17/h4-11H,12-16H2,1-3H3,(H,24,27). The molecule has 1 heterocycles. The number of piperazine rings is 1. The third kappa shape index (κ3) is 4.79. The van der Waals surface area contributed by atoms with Crippen LogP contribution in [0.2, 0.25) is 0 Å². The summed E-state index contributed by atoms with van der Waals surface area (Å²) < 4.78 is 13.0. The van der Waals surface area contributed by atoms with E-state index in [9.17, 15) is 9.18 Å². The summed E-state index contributed by atoms with van der Waals surface area (Å²) in [5.41, 5.74) is 3.57. The molecular weight excluding hydrogens is 341 g/mol. The number of urea groups is 1. The minimum absolute atomic E-state index is 0.0666. The molecule has 1 N–H and O–H groups in total. The van der Waals surface area contributed by atoms with Crippen molar-refractivity contribution in [3.05, 3.63) is 65.5 Å². The molecule has 5 heteroatoms. The SMILES string of the molecule is CC(C)(C)c1ccccc1N1CCN(C(=O)NCc2ccc(F)cc2)CC1. The average molecular weight is 369 g/mol. The molecule has 3 rings (SSSR count). The van der Waals surface area contributed by atoms with Crippen LogP contribution in [0.15, 0.2) is 48.5 Å². The Morgan fingerprint density at radius 3 is 2.26 bits per heavy atom. The zero-order valence-electron chi connectivity index (χ0n) is 16.3. The number of hydrogen-bond acceptors (Lipinski definition) is 2. The van der Waals surface area contributed by atoms with Crippen LogP contribution in [0.4, 0.5) is 14.9 Å². The molecule has 0 unspecified atom stereocenters. The highest BCUT2D eigenvalue weighted by atomic mass is 19.1. The summed E-state index contributed by atoms with van der Waals surface area (Å²) in [4.78, 5) is 16.6. The summed E-state index contributed by atoms with van der Waals surface area (Å²) in [5.74, 6) is -0.267. The number of nitrogens with zero attached hydrogens (tertiary/aromatic N) is 2. The Bertz CT molecular complexity index is 775. The van der Waals surface area contributed by atoms with Crippen LogP contribution in [0, 0.1) is 5.82 Å². The van der Waals surface area contributed by atoms with Gasteiger partial charge in [0.05, 0.1) is 0 Å². The molecule has 1 aliphatic heterocycles. The first-order valence-corrected chi connectivity index (χ1v) is 9.46. The molecule has 0 saturated carbocycles. The molecule has 0 aliphatic carbocycles. The molecule has 27 heavy (non-hydrogen) atoms. The fourth-order valence-electron chi connectivity index (χ4n) is 3.43. The Balaban J connectivity index is 1.56. The molecule has 0 spiro atoms. The maximum Gasteiger partial charge on any atom is 0.317 e. The molecule has 1 aliphatic rings. The first-order chi connectivity index (χ1) is 12.8. The topological polar surface area (TPSA) is 35.6 Å². The van der Waals surface area contributed by atoms with Crippen molar-refractivity contribution in [3.8, 4) is 0 Å². The van der Waals surface area contributed by atoms with Gasteiger partial charge in [0.2, 0.25) is 0 Å². The van der Waals surface area contributed by atoms with Crippen molar-refractivity contribution in [2.75, 3.05) is 31.1 Å². The molecule has 0 radical (unpaired) electrons. The molecule has 1 fully saturated rings. The van der Waals surface area contributed by atoms with Gasteiger partial charge in [0, 0.05) is 38.4 Å². The van der Waals surface area contributed by atoms with Gasteiger partial charge in [-0.25, -0.2) is 9.18 Å². The van der Waals surface area contributed by atoms with Gasteiger partial charge in [0.25, 0.3) is 0 Å². The lowest BCUT2D eigenvalue weighted by molar-refractivity contribution is 0.194. The van der Waals surface area contributed by atoms with E-state index in [2.05, 4.69) is 55.3 Å². The quantitative estimate of drug-likeness (QED) is 0.882. The molecule has 2 aromatic carbocycles. The first kappa shape index (κ1) is 19.2. The minimum Gasteiger partial charge on any atom is -0.368 e. The van der Waals surface area contributed by atoms with Crippen LogP contribution in [-0.4, -0.2) is 37.1 Å². The van der Waals surface area contributed by atoms with E-state index in [0.29, 0.717) is 19.6 Å². The van der Waals surface area contributed by atoms with Crippen molar-refractivity contribution in [2.45, 2.75) is 32.7 Å². The Morgan fingerprint density at radius 2 is 1.63 bits per heavy atom. The summed E-state index contributed by atoms with van der Waals surface area (Å²) in [6, 6.07) is 14.7. The third-order valence-electron chi connectivity index (χ3n) is 4.98. The Kier molecular flexibility index (Phi) is 5.68. The van der Waals surface area contributed by atoms with E-state index < -0.39 is 0 Å². The largest absolute Gasteiger partial charge is 0.368 e. The van der Waals surface area contributed by atoms with Crippen molar-refractivity contribution in [3.63, 3.8) is 0 Å². The van der Waals surface area contributed by atoms with E-state index in [-0.39, 0.29) is 17.3 Å². The highest BCUT2D eigenvalue weighted by Gasteiger charge is 2.25. The summed E-state index contributed by atoms with van der Waals surface area (Å²) in [5, 5.41) is 2.92. The highest BCUT2D eigenvalue weighted by Crippen LogP contribution is 2.32. The molecule has 2 aromatic rings. The summed E-state index contributed by atoms with van der Waals surface area (Å²) in [7, 11) is 0. The summed E-state index contributed by atoms with van der Waals surface area (Å²) in [6.45, 7) is 10.1. The van der Waals surface area contributed by atoms with Crippen LogP contribution in [-0.2, 0) is 12.0 Å². The van der Waals surface area contributed by atoms with Crippen LogP contribution >= 0.6 is 0 Å². The van der Waals surface area contributed by atoms with E-state index in [1.165, 1.54) is 23.4 Å². The summed E-state index contributed by atoms with van der Waals surface area (Å²) >= 11 is 0. The van der Waals surface area contributed by atoms with Crippen LogP contribution in [0.25, 0.3) is 0 Å². The Labute approximate surface area is 161 Å². The number of anilines is 1. The third-order valence-corrected chi connectivity index (χ3v) is 4.98. The average Bonchev–Trinajstić information content (AvgIpc) is 2.67. The van der Waals surface area contributed by atoms with Gasteiger partial charge in [-0.05, 0) is 34.7 Å². The molecule has 0 aromatic heterocycles. The zero-order chi connectivity index (χ0) is 19.4. The normalized spacial score (nSPS) is 15.0. The van der Waals surface area contributed by atoms with Gasteiger partial charge < -0.3 is 15.1 Å². The van der Waals surface area contributed by atoms with Crippen molar-refractivity contribution >= 4 is 11.7 Å². The van der Waals surface area contributed by atoms with Gasteiger partial charge in [0.1, 0.15) is 5.82 Å². The van der Waals surface area contributed by atoms with Crippen molar-refractivity contribution in [1.29, 1.82) is 0 Å². The number of rotatable bonds is 3. The Morgan fingerprint density at radius 1 is 1.00 bits per heavy atom. The van der Waals surface area contributed by atoms with E-state index in [1.807, 2.05) is 4.90 Å². The number of hydrogen-bond donors (Lipinski definition) is 1. The van der Waals surface area contributed by atoms with Gasteiger partial charge in [-0.2, -0.15) is 0 Å². The van der Waals surface area contributed by atoms with Gasteiger partial charge >= 0.3 is 6.03 Å². The maximum atomic E-state index is 13.0. The van der Waals surface area contributed by atoms with Crippen molar-refractivity contribution < 1.29 is 9.18 Å². The number of amides is 2. The molecule has 1 saturated heterocycles. The van der Waals surface area contributed by atoms with Crippen molar-refractivity contribution in [1.82, 2.24) is 10.2 Å². The fraction of sp³-hybridized carbons (Fsp3) is 0.409. The predicted octanol–water partition coefficient (Wildman–Crippen LogP) is 4.16. The second kappa shape index (κ2) is 7.99. The van der Waals surface area contributed by atoms with Crippen molar-refractivity contribution in [2.24, 2.45) is 0 Å². The van der Waals surface area contributed by atoms with E-state index in [4.69, 9.17) is 0 Å². The van der Waals surface area contributed by atoms with Gasteiger partial charge in [0.15, 0.2) is 0 Å². The lowest BCUT2D eigenvalue weighted by Gasteiger charge is -2.38. The second-order valence-electron chi connectivity index (χ2n) is 8.03. The van der Waals surface area contributed by atoms with Crippen LogP contribution in [0.3, 0.4) is 0 Å². The fourth-order valence-corrected chi connectivity index (χ4v) is 3.43. The number of nitrogens with one attached hydrogen (secondary N) is 1. The van der Waals surface area contributed by atoms with Crippen LogP contribution in [0.5, 0.6) is 0 Å². The molecular formula is C22H28FN3O. The molecule has 0 bridgehead atoms. The number of carbonyl (C=O) groups excluding carboxylic acids is 1. The number of carbonyl (C=O) groups is 1. The second-order valence-corrected chi connectivity index (χ2v) is 8.03. The molecule has 4 nitrogen and oxygen atoms in total. The van der Waals surface area contributed by atoms with E-state index in [0.717, 1.165) is 18.7 Å². The highest BCUT2D eigenvalue weighted by molar-refractivity contribution is 5.74. The summed E-state index contributed by atoms with van der Waals surface area (Å²) in [6.07, 6.45) is 0. The lowest BCUT2D eigenvalue weighted by Crippen LogP contribution is -2.52. The first-order valence-electron chi connectivity index (χ1n) is 9.46. The maximum absolute atomic E-state index is 13.0. The van der Waals surface area contributed by atoms with Crippen LogP contribution < -0.4 is 10.2 Å². The Hall–Kier alpha value is -2.56. The smallest absolute Gasteiger partial charge is 0.317 e.